The second kappa shape index (κ2) is 5.70. The van der Waals surface area contributed by atoms with Gasteiger partial charge in [0.2, 0.25) is 0 Å². The van der Waals surface area contributed by atoms with Crippen LogP contribution in [0.5, 0.6) is 5.75 Å². The summed E-state index contributed by atoms with van der Waals surface area (Å²) in [4.78, 5) is 0. The number of benzene rings is 1. The average Bonchev–Trinajstić information content (AvgIpc) is 3.32. The lowest BCUT2D eigenvalue weighted by Gasteiger charge is -2.44. The maximum absolute atomic E-state index is 13.8. The van der Waals surface area contributed by atoms with Crippen molar-refractivity contribution >= 4 is 9.84 Å². The Bertz CT molecular complexity index is 721. The summed E-state index contributed by atoms with van der Waals surface area (Å²) in [6.45, 7) is 0.569. The number of fused-ring (bicyclic) bond motifs is 2. The first kappa shape index (κ1) is 16.3. The zero-order valence-corrected chi connectivity index (χ0v) is 14.4. The molecule has 0 aromatic heterocycles. The summed E-state index contributed by atoms with van der Waals surface area (Å²) in [5.41, 5.74) is -0.919. The molecule has 3 fully saturated rings. The molecule has 1 saturated carbocycles. The Hall–Kier alpha value is -1.14. The van der Waals surface area contributed by atoms with Crippen molar-refractivity contribution < 1.29 is 22.7 Å². The van der Waals surface area contributed by atoms with Crippen LogP contribution in [0.15, 0.2) is 18.2 Å². The molecule has 24 heavy (non-hydrogen) atoms. The van der Waals surface area contributed by atoms with E-state index < -0.39 is 31.8 Å². The van der Waals surface area contributed by atoms with Gasteiger partial charge in [0, 0.05) is 5.56 Å². The highest BCUT2D eigenvalue weighted by Crippen LogP contribution is 2.48. The first-order valence-corrected chi connectivity index (χ1v) is 10.4. The van der Waals surface area contributed by atoms with Gasteiger partial charge in [-0.2, -0.15) is 0 Å². The molecule has 4 rings (SSSR count). The van der Waals surface area contributed by atoms with Gasteiger partial charge in [-0.25, -0.2) is 12.8 Å². The number of ether oxygens (including phenoxy) is 1. The van der Waals surface area contributed by atoms with Crippen LogP contribution < -0.4 is 4.74 Å². The van der Waals surface area contributed by atoms with Crippen molar-refractivity contribution in [2.24, 2.45) is 5.92 Å². The molecule has 1 aliphatic carbocycles. The molecule has 1 aromatic rings. The predicted octanol–water partition coefficient (Wildman–Crippen LogP) is 2.93. The Labute approximate surface area is 141 Å². The van der Waals surface area contributed by atoms with E-state index in [1.165, 1.54) is 12.1 Å². The zero-order chi connectivity index (χ0) is 16.9. The molecule has 132 valence electrons. The highest BCUT2D eigenvalue weighted by atomic mass is 32.2. The summed E-state index contributed by atoms with van der Waals surface area (Å²) >= 11 is 0. The van der Waals surface area contributed by atoms with Gasteiger partial charge in [0.25, 0.3) is 0 Å². The number of aliphatic hydroxyl groups is 1. The molecule has 2 saturated heterocycles. The van der Waals surface area contributed by atoms with Crippen LogP contribution in [0.2, 0.25) is 0 Å². The van der Waals surface area contributed by atoms with Gasteiger partial charge >= 0.3 is 0 Å². The minimum atomic E-state index is -3.18. The van der Waals surface area contributed by atoms with Crippen LogP contribution in [0.4, 0.5) is 4.39 Å². The van der Waals surface area contributed by atoms with Crippen LogP contribution >= 0.6 is 0 Å². The second-order valence-electron chi connectivity index (χ2n) is 7.60. The number of rotatable bonds is 4. The van der Waals surface area contributed by atoms with Crippen LogP contribution in [0, 0.1) is 11.7 Å². The first-order valence-electron chi connectivity index (χ1n) is 8.76. The number of hydrogen-bond donors (Lipinski definition) is 1. The first-order chi connectivity index (χ1) is 11.4. The topological polar surface area (TPSA) is 63.6 Å². The summed E-state index contributed by atoms with van der Waals surface area (Å²) in [5, 5.41) is 10.2. The number of hydrogen-bond acceptors (Lipinski definition) is 4. The number of halogens is 1. The third-order valence-electron chi connectivity index (χ3n) is 5.73. The smallest absolute Gasteiger partial charge is 0.156 e. The molecule has 0 radical (unpaired) electrons. The Kier molecular flexibility index (Phi) is 3.88. The molecule has 2 unspecified atom stereocenters. The van der Waals surface area contributed by atoms with Crippen molar-refractivity contribution in [1.82, 2.24) is 0 Å². The van der Waals surface area contributed by atoms with E-state index >= 15 is 0 Å². The van der Waals surface area contributed by atoms with Crippen molar-refractivity contribution in [2.75, 3.05) is 6.61 Å². The summed E-state index contributed by atoms with van der Waals surface area (Å²) in [5.74, 6) is 0.600. The number of sulfone groups is 1. The van der Waals surface area contributed by atoms with Crippen molar-refractivity contribution in [3.05, 3.63) is 29.6 Å². The Morgan fingerprint density at radius 1 is 1.17 bits per heavy atom. The molecule has 2 atom stereocenters. The van der Waals surface area contributed by atoms with E-state index in [-0.39, 0.29) is 12.8 Å². The third kappa shape index (κ3) is 2.84. The van der Waals surface area contributed by atoms with Gasteiger partial charge in [0.05, 0.1) is 22.7 Å². The minimum Gasteiger partial charge on any atom is -0.493 e. The molecule has 2 heterocycles. The second-order valence-corrected chi connectivity index (χ2v) is 10.1. The van der Waals surface area contributed by atoms with Gasteiger partial charge < -0.3 is 9.84 Å². The van der Waals surface area contributed by atoms with Gasteiger partial charge in [-0.1, -0.05) is 6.42 Å². The maximum atomic E-state index is 13.8. The van der Waals surface area contributed by atoms with E-state index in [0.717, 1.165) is 19.3 Å². The van der Waals surface area contributed by atoms with Crippen molar-refractivity contribution in [2.45, 2.75) is 61.0 Å². The minimum absolute atomic E-state index is 0.134. The van der Waals surface area contributed by atoms with Gasteiger partial charge in [-0.15, -0.1) is 0 Å². The van der Waals surface area contributed by atoms with Crippen LogP contribution in [-0.2, 0) is 15.4 Å². The van der Waals surface area contributed by atoms with E-state index in [4.69, 9.17) is 4.74 Å². The van der Waals surface area contributed by atoms with E-state index in [2.05, 4.69) is 0 Å². The highest BCUT2D eigenvalue weighted by Gasteiger charge is 2.51. The molecular formula is C18H23FO4S. The fourth-order valence-corrected chi connectivity index (χ4v) is 6.70. The predicted molar refractivity (Wildman–Crippen MR) is 88.1 cm³/mol. The molecule has 1 N–H and O–H groups in total. The zero-order valence-electron chi connectivity index (χ0n) is 13.6. The molecule has 6 heteroatoms. The van der Waals surface area contributed by atoms with Gasteiger partial charge in [-0.05, 0) is 62.6 Å². The Morgan fingerprint density at radius 3 is 2.46 bits per heavy atom. The Balaban J connectivity index is 1.68. The van der Waals surface area contributed by atoms with Crippen LogP contribution in [0.25, 0.3) is 0 Å². The summed E-state index contributed by atoms with van der Waals surface area (Å²) in [6.07, 6.45) is 4.58. The van der Waals surface area contributed by atoms with E-state index in [9.17, 15) is 17.9 Å². The van der Waals surface area contributed by atoms with Crippen LogP contribution in [-0.4, -0.2) is 30.6 Å². The van der Waals surface area contributed by atoms with Gasteiger partial charge in [-0.3, -0.25) is 0 Å². The van der Waals surface area contributed by atoms with E-state index in [1.807, 2.05) is 0 Å². The molecule has 4 nitrogen and oxygen atoms in total. The van der Waals surface area contributed by atoms with E-state index in [0.29, 0.717) is 36.7 Å². The molecule has 2 aliphatic heterocycles. The Morgan fingerprint density at radius 2 is 1.83 bits per heavy atom. The third-order valence-corrected chi connectivity index (χ3v) is 8.39. The van der Waals surface area contributed by atoms with E-state index in [1.54, 1.807) is 6.07 Å². The molecule has 1 aromatic carbocycles. The lowest BCUT2D eigenvalue weighted by molar-refractivity contribution is 0.00216. The maximum Gasteiger partial charge on any atom is 0.156 e. The normalized spacial score (nSPS) is 34.8. The van der Waals surface area contributed by atoms with Crippen LogP contribution in [0.3, 0.4) is 0 Å². The molecule has 0 amide bonds. The van der Waals surface area contributed by atoms with Crippen molar-refractivity contribution in [3.63, 3.8) is 0 Å². The van der Waals surface area contributed by atoms with Crippen molar-refractivity contribution in [1.29, 1.82) is 0 Å². The van der Waals surface area contributed by atoms with Crippen LogP contribution in [0.1, 0.15) is 50.5 Å². The monoisotopic (exact) mass is 354 g/mol. The average molecular weight is 354 g/mol. The molecule has 0 spiro atoms. The SMILES string of the molecule is O=S1(=O)C2CCCC1CC(O)(c1cc(F)ccc1OCC1CC1)C2. The fourth-order valence-electron chi connectivity index (χ4n) is 4.15. The largest absolute Gasteiger partial charge is 0.493 e. The molecule has 2 bridgehead atoms. The summed E-state index contributed by atoms with van der Waals surface area (Å²) in [6, 6.07) is 4.20. The van der Waals surface area contributed by atoms with Crippen molar-refractivity contribution in [3.8, 4) is 5.75 Å². The lowest BCUT2D eigenvalue weighted by atomic mass is 9.80. The van der Waals surface area contributed by atoms with Gasteiger partial charge in [0.15, 0.2) is 9.84 Å². The molecule has 3 aliphatic rings. The quantitative estimate of drug-likeness (QED) is 0.903. The highest BCUT2D eigenvalue weighted by molar-refractivity contribution is 7.92. The van der Waals surface area contributed by atoms with Gasteiger partial charge in [0.1, 0.15) is 11.6 Å². The lowest BCUT2D eigenvalue weighted by Crippen LogP contribution is -2.50. The standard InChI is InChI=1S/C18H23FO4S/c19-13-6-7-17(23-11-12-4-5-12)16(8-13)18(20)9-14-2-1-3-15(10-18)24(14,21)22/h6-8,12,14-15,20H,1-5,9-11H2. The summed E-state index contributed by atoms with van der Waals surface area (Å²) < 4.78 is 44.6. The fraction of sp³-hybridized carbons (Fsp3) is 0.667. The summed E-state index contributed by atoms with van der Waals surface area (Å²) in [7, 11) is -3.18. The molecular weight excluding hydrogens is 331 g/mol.